The van der Waals surface area contributed by atoms with E-state index in [0.29, 0.717) is 16.8 Å². The van der Waals surface area contributed by atoms with Gasteiger partial charge in [0, 0.05) is 18.0 Å². The molecule has 1 saturated carbocycles. The molecule has 2 nitrogen and oxygen atoms in total. The Morgan fingerprint density at radius 3 is 2.57 bits per heavy atom. The van der Waals surface area contributed by atoms with Crippen molar-refractivity contribution in [2.75, 3.05) is 13.2 Å². The third kappa shape index (κ3) is 3.52. The zero-order valence-corrected chi connectivity index (χ0v) is 10.9. The number of alkyl halides is 1. The van der Waals surface area contributed by atoms with Gasteiger partial charge >= 0.3 is 0 Å². The molecule has 1 fully saturated rings. The highest BCUT2D eigenvalue weighted by Gasteiger charge is 2.41. The number of hydrogen-bond donors (Lipinski definition) is 0. The summed E-state index contributed by atoms with van der Waals surface area (Å²) in [5.74, 6) is 0.608. The van der Waals surface area contributed by atoms with Crippen LogP contribution < -0.4 is 0 Å². The lowest BCUT2D eigenvalue weighted by Crippen LogP contribution is -2.51. The van der Waals surface area contributed by atoms with Crippen molar-refractivity contribution in [2.45, 2.75) is 50.6 Å². The first-order chi connectivity index (χ1) is 6.65. The van der Waals surface area contributed by atoms with Gasteiger partial charge in [0.15, 0.2) is 0 Å². The summed E-state index contributed by atoms with van der Waals surface area (Å²) in [5, 5.41) is 0. The molecule has 3 heteroatoms. The van der Waals surface area contributed by atoms with Gasteiger partial charge in [0.2, 0.25) is 0 Å². The van der Waals surface area contributed by atoms with E-state index in [2.05, 4.69) is 36.7 Å². The van der Waals surface area contributed by atoms with E-state index in [1.165, 1.54) is 0 Å². The maximum Gasteiger partial charge on any atom is 0.0962 e. The van der Waals surface area contributed by atoms with E-state index in [-0.39, 0.29) is 6.10 Å². The largest absolute Gasteiger partial charge is 0.375 e. The van der Waals surface area contributed by atoms with Gasteiger partial charge < -0.3 is 9.47 Å². The van der Waals surface area contributed by atoms with Crippen LogP contribution in [0.4, 0.5) is 0 Å². The van der Waals surface area contributed by atoms with Crippen molar-refractivity contribution in [3.05, 3.63) is 0 Å². The molecule has 0 aromatic heterocycles. The smallest absolute Gasteiger partial charge is 0.0962 e. The molecule has 1 aliphatic rings. The van der Waals surface area contributed by atoms with Gasteiger partial charge in [-0.25, -0.2) is 0 Å². The molecule has 0 aromatic rings. The van der Waals surface area contributed by atoms with Crippen LogP contribution in [0.5, 0.6) is 0 Å². The normalized spacial score (nSPS) is 31.9. The van der Waals surface area contributed by atoms with Gasteiger partial charge in [-0.1, -0.05) is 36.7 Å². The molecule has 0 aromatic carbocycles. The predicted molar refractivity (Wildman–Crippen MR) is 61.9 cm³/mol. The quantitative estimate of drug-likeness (QED) is 0.687. The SMILES string of the molecule is CCCOC1C(Br)CC1OCC(C)C. The third-order valence-corrected chi connectivity index (χ3v) is 3.23. The van der Waals surface area contributed by atoms with Gasteiger partial charge in [0.25, 0.3) is 0 Å². The second-order valence-corrected chi connectivity index (χ2v) is 5.53. The molecule has 3 unspecified atom stereocenters. The highest BCUT2D eigenvalue weighted by atomic mass is 79.9. The van der Waals surface area contributed by atoms with Crippen LogP contribution in [0.15, 0.2) is 0 Å². The Morgan fingerprint density at radius 1 is 1.36 bits per heavy atom. The van der Waals surface area contributed by atoms with Gasteiger partial charge in [0.1, 0.15) is 0 Å². The zero-order valence-electron chi connectivity index (χ0n) is 9.33. The van der Waals surface area contributed by atoms with Crippen LogP contribution in [-0.2, 0) is 9.47 Å². The van der Waals surface area contributed by atoms with Crippen LogP contribution in [0.3, 0.4) is 0 Å². The Morgan fingerprint density at radius 2 is 2.07 bits per heavy atom. The lowest BCUT2D eigenvalue weighted by Gasteiger charge is -2.41. The molecule has 1 aliphatic carbocycles. The van der Waals surface area contributed by atoms with Crippen LogP contribution in [0, 0.1) is 5.92 Å². The summed E-state index contributed by atoms with van der Waals surface area (Å²) in [6.07, 6.45) is 2.75. The molecular weight excluding hydrogens is 244 g/mol. The lowest BCUT2D eigenvalue weighted by atomic mass is 9.91. The standard InChI is InChI=1S/C11H21BrO2/c1-4-5-13-11-9(12)6-10(11)14-7-8(2)3/h8-11H,4-7H2,1-3H3. The average Bonchev–Trinajstić information content (AvgIpc) is 2.12. The number of ether oxygens (including phenoxy) is 2. The van der Waals surface area contributed by atoms with Gasteiger partial charge in [-0.05, 0) is 18.8 Å². The summed E-state index contributed by atoms with van der Waals surface area (Å²) in [7, 11) is 0. The van der Waals surface area contributed by atoms with Gasteiger partial charge in [-0.3, -0.25) is 0 Å². The number of rotatable bonds is 6. The Hall–Kier alpha value is 0.400. The van der Waals surface area contributed by atoms with E-state index in [0.717, 1.165) is 26.1 Å². The maximum absolute atomic E-state index is 5.76. The van der Waals surface area contributed by atoms with E-state index >= 15 is 0 Å². The second-order valence-electron chi connectivity index (χ2n) is 4.35. The van der Waals surface area contributed by atoms with E-state index in [4.69, 9.17) is 9.47 Å². The molecule has 84 valence electrons. The average molecular weight is 265 g/mol. The van der Waals surface area contributed by atoms with E-state index in [9.17, 15) is 0 Å². The minimum Gasteiger partial charge on any atom is -0.375 e. The summed E-state index contributed by atoms with van der Waals surface area (Å²) in [4.78, 5) is 0.492. The van der Waals surface area contributed by atoms with Gasteiger partial charge in [0.05, 0.1) is 12.2 Å². The summed E-state index contributed by atoms with van der Waals surface area (Å²) < 4.78 is 11.5. The molecule has 1 rings (SSSR count). The third-order valence-electron chi connectivity index (χ3n) is 2.34. The van der Waals surface area contributed by atoms with Crippen LogP contribution in [0.2, 0.25) is 0 Å². The molecule has 0 spiro atoms. The Labute approximate surface area is 95.5 Å². The minimum atomic E-state index is 0.272. The van der Waals surface area contributed by atoms with Crippen molar-refractivity contribution in [1.29, 1.82) is 0 Å². The predicted octanol–water partition coefficient (Wildman–Crippen LogP) is 2.99. The first-order valence-corrected chi connectivity index (χ1v) is 6.44. The summed E-state index contributed by atoms with van der Waals surface area (Å²) in [5.41, 5.74) is 0. The van der Waals surface area contributed by atoms with Crippen LogP contribution in [0.1, 0.15) is 33.6 Å². The molecule has 0 amide bonds. The van der Waals surface area contributed by atoms with Crippen molar-refractivity contribution in [3.8, 4) is 0 Å². The molecule has 14 heavy (non-hydrogen) atoms. The molecule has 0 N–H and O–H groups in total. The molecular formula is C11H21BrO2. The summed E-state index contributed by atoms with van der Waals surface area (Å²) in [6, 6.07) is 0. The fourth-order valence-corrected chi connectivity index (χ4v) is 2.33. The monoisotopic (exact) mass is 264 g/mol. The van der Waals surface area contributed by atoms with Crippen molar-refractivity contribution in [1.82, 2.24) is 0 Å². The van der Waals surface area contributed by atoms with Crippen molar-refractivity contribution < 1.29 is 9.47 Å². The van der Waals surface area contributed by atoms with E-state index in [1.807, 2.05) is 0 Å². The number of hydrogen-bond acceptors (Lipinski definition) is 2. The van der Waals surface area contributed by atoms with Crippen molar-refractivity contribution in [3.63, 3.8) is 0 Å². The fourth-order valence-electron chi connectivity index (χ4n) is 1.47. The zero-order chi connectivity index (χ0) is 10.6. The van der Waals surface area contributed by atoms with Crippen LogP contribution >= 0.6 is 15.9 Å². The molecule has 0 bridgehead atoms. The first kappa shape index (κ1) is 12.5. The van der Waals surface area contributed by atoms with E-state index < -0.39 is 0 Å². The molecule has 0 radical (unpaired) electrons. The highest BCUT2D eigenvalue weighted by Crippen LogP contribution is 2.33. The molecule has 0 heterocycles. The molecule has 3 atom stereocenters. The van der Waals surface area contributed by atoms with Gasteiger partial charge in [-0.15, -0.1) is 0 Å². The van der Waals surface area contributed by atoms with Crippen LogP contribution in [-0.4, -0.2) is 30.2 Å². The second kappa shape index (κ2) is 6.09. The fraction of sp³-hybridized carbons (Fsp3) is 1.00. The minimum absolute atomic E-state index is 0.272. The summed E-state index contributed by atoms with van der Waals surface area (Å²) >= 11 is 3.60. The Kier molecular flexibility index (Phi) is 5.42. The van der Waals surface area contributed by atoms with E-state index in [1.54, 1.807) is 0 Å². The topological polar surface area (TPSA) is 18.5 Å². The van der Waals surface area contributed by atoms with Crippen molar-refractivity contribution in [2.24, 2.45) is 5.92 Å². The van der Waals surface area contributed by atoms with Gasteiger partial charge in [-0.2, -0.15) is 0 Å². The van der Waals surface area contributed by atoms with Crippen molar-refractivity contribution >= 4 is 15.9 Å². The summed E-state index contributed by atoms with van der Waals surface area (Å²) in [6.45, 7) is 8.16. The highest BCUT2D eigenvalue weighted by molar-refractivity contribution is 9.09. The molecule has 0 saturated heterocycles. The van der Waals surface area contributed by atoms with Crippen LogP contribution in [0.25, 0.3) is 0 Å². The Bertz CT molecular complexity index is 161. The molecule has 0 aliphatic heterocycles. The first-order valence-electron chi connectivity index (χ1n) is 5.52. The maximum atomic E-state index is 5.76. The lowest BCUT2D eigenvalue weighted by molar-refractivity contribution is -0.125. The Balaban J connectivity index is 2.19. The number of halogens is 1.